The zero-order valence-electron chi connectivity index (χ0n) is 14.1. The topological polar surface area (TPSA) is 97.0 Å². The van der Waals surface area contributed by atoms with E-state index in [0.717, 1.165) is 10.8 Å². The quantitative estimate of drug-likeness (QED) is 0.715. The summed E-state index contributed by atoms with van der Waals surface area (Å²) in [5, 5.41) is 17.8. The van der Waals surface area contributed by atoms with Crippen LogP contribution in [0.25, 0.3) is 10.8 Å². The van der Waals surface area contributed by atoms with Gasteiger partial charge in [0.2, 0.25) is 5.91 Å². The maximum Gasteiger partial charge on any atom is 0.342 e. The second-order valence-corrected chi connectivity index (χ2v) is 5.50. The molecule has 7 nitrogen and oxygen atoms in total. The summed E-state index contributed by atoms with van der Waals surface area (Å²) in [5.41, 5.74) is 0.667. The Hall–Kier alpha value is -3.66. The van der Waals surface area contributed by atoms with E-state index < -0.39 is 5.97 Å². The summed E-state index contributed by atoms with van der Waals surface area (Å²) in [4.78, 5) is 24.2. The highest BCUT2D eigenvalue weighted by Crippen LogP contribution is 2.22. The predicted molar refractivity (Wildman–Crippen MR) is 95.5 cm³/mol. The van der Waals surface area contributed by atoms with Crippen molar-refractivity contribution in [1.29, 1.82) is 5.26 Å². The minimum atomic E-state index is -0.634. The molecule has 26 heavy (non-hydrogen) atoms. The van der Waals surface area contributed by atoms with Crippen LogP contribution in [0.3, 0.4) is 0 Å². The Kier molecular flexibility index (Phi) is 4.94. The first-order chi connectivity index (χ1) is 12.6. The Morgan fingerprint density at radius 3 is 2.77 bits per heavy atom. The van der Waals surface area contributed by atoms with Crippen LogP contribution in [0.1, 0.15) is 23.0 Å². The van der Waals surface area contributed by atoms with Crippen LogP contribution in [0.2, 0.25) is 0 Å². The molecule has 7 heteroatoms. The molecule has 1 aromatic heterocycles. The number of benzene rings is 2. The number of hydrogen-bond acceptors (Lipinski definition) is 5. The number of aromatic nitrogens is 2. The summed E-state index contributed by atoms with van der Waals surface area (Å²) in [6.45, 7) is 1.74. The molecule has 0 bridgehead atoms. The highest BCUT2D eigenvalue weighted by atomic mass is 16.5. The Labute approximate surface area is 149 Å². The molecule has 0 fully saturated rings. The van der Waals surface area contributed by atoms with E-state index in [4.69, 9.17) is 10.00 Å². The van der Waals surface area contributed by atoms with Crippen molar-refractivity contribution in [2.75, 3.05) is 11.9 Å². The highest BCUT2D eigenvalue weighted by Gasteiger charge is 2.18. The van der Waals surface area contributed by atoms with Gasteiger partial charge in [0.15, 0.2) is 5.69 Å². The lowest BCUT2D eigenvalue weighted by Crippen LogP contribution is -2.19. The lowest BCUT2D eigenvalue weighted by molar-refractivity contribution is -0.116. The van der Waals surface area contributed by atoms with Crippen molar-refractivity contribution < 1.29 is 14.3 Å². The molecule has 0 radical (unpaired) electrons. The first kappa shape index (κ1) is 17.2. The third kappa shape index (κ3) is 3.54. The van der Waals surface area contributed by atoms with Gasteiger partial charge in [-0.1, -0.05) is 36.4 Å². The van der Waals surface area contributed by atoms with Crippen molar-refractivity contribution in [2.45, 2.75) is 13.5 Å². The number of ether oxygens (including phenoxy) is 1. The molecule has 0 atom stereocenters. The number of carbonyl (C=O) groups excluding carboxylic acids is 2. The van der Waals surface area contributed by atoms with E-state index in [0.29, 0.717) is 5.69 Å². The van der Waals surface area contributed by atoms with Gasteiger partial charge in [0, 0.05) is 17.3 Å². The Balaban J connectivity index is 1.78. The van der Waals surface area contributed by atoms with Crippen LogP contribution in [-0.4, -0.2) is 28.3 Å². The van der Waals surface area contributed by atoms with Crippen molar-refractivity contribution >= 4 is 28.3 Å². The highest BCUT2D eigenvalue weighted by molar-refractivity contribution is 6.02. The van der Waals surface area contributed by atoms with E-state index in [9.17, 15) is 9.59 Å². The minimum Gasteiger partial charge on any atom is -0.462 e. The van der Waals surface area contributed by atoms with Crippen LogP contribution in [0, 0.1) is 11.3 Å². The molecule has 2 aromatic carbocycles. The fourth-order valence-electron chi connectivity index (χ4n) is 2.61. The smallest absolute Gasteiger partial charge is 0.342 e. The Morgan fingerprint density at radius 1 is 1.23 bits per heavy atom. The number of rotatable bonds is 5. The molecule has 1 amide bonds. The zero-order valence-corrected chi connectivity index (χ0v) is 14.1. The fourth-order valence-corrected chi connectivity index (χ4v) is 2.61. The molecule has 1 heterocycles. The summed E-state index contributed by atoms with van der Waals surface area (Å²) in [7, 11) is 0. The van der Waals surface area contributed by atoms with Crippen LogP contribution in [-0.2, 0) is 16.1 Å². The van der Waals surface area contributed by atoms with E-state index in [-0.39, 0.29) is 30.3 Å². The van der Waals surface area contributed by atoms with E-state index in [1.165, 1.54) is 10.9 Å². The summed E-state index contributed by atoms with van der Waals surface area (Å²) >= 11 is 0. The maximum absolute atomic E-state index is 12.4. The van der Waals surface area contributed by atoms with Crippen LogP contribution in [0.5, 0.6) is 0 Å². The minimum absolute atomic E-state index is 0.0484. The Morgan fingerprint density at radius 2 is 2.00 bits per heavy atom. The maximum atomic E-state index is 12.4. The number of hydrogen-bond donors (Lipinski definition) is 1. The van der Waals surface area contributed by atoms with Gasteiger partial charge >= 0.3 is 5.97 Å². The van der Waals surface area contributed by atoms with E-state index in [1.807, 2.05) is 48.5 Å². The monoisotopic (exact) mass is 348 g/mol. The van der Waals surface area contributed by atoms with Gasteiger partial charge in [0.05, 0.1) is 6.61 Å². The number of anilines is 1. The summed E-state index contributed by atoms with van der Waals surface area (Å²) in [6, 6.07) is 15.2. The molecule has 0 aliphatic carbocycles. The average molecular weight is 348 g/mol. The largest absolute Gasteiger partial charge is 0.462 e. The third-order valence-corrected chi connectivity index (χ3v) is 3.73. The SMILES string of the molecule is CCOC(=O)c1cn(CC(=O)Nc2cccc3ccccc23)nc1C#N. The summed E-state index contributed by atoms with van der Waals surface area (Å²) in [5.74, 6) is -0.950. The molecule has 0 aliphatic rings. The summed E-state index contributed by atoms with van der Waals surface area (Å²) in [6.07, 6.45) is 1.35. The van der Waals surface area contributed by atoms with Gasteiger partial charge in [-0.25, -0.2) is 4.79 Å². The molecule has 0 spiro atoms. The van der Waals surface area contributed by atoms with Gasteiger partial charge in [-0.15, -0.1) is 0 Å². The molecule has 0 unspecified atom stereocenters. The number of nitrogens with one attached hydrogen (secondary N) is 1. The number of nitriles is 1. The first-order valence-electron chi connectivity index (χ1n) is 8.04. The van der Waals surface area contributed by atoms with E-state index in [1.54, 1.807) is 6.92 Å². The van der Waals surface area contributed by atoms with Gasteiger partial charge in [-0.05, 0) is 18.4 Å². The van der Waals surface area contributed by atoms with E-state index in [2.05, 4.69) is 10.4 Å². The second-order valence-electron chi connectivity index (χ2n) is 5.50. The number of amides is 1. The van der Waals surface area contributed by atoms with Crippen LogP contribution >= 0.6 is 0 Å². The van der Waals surface area contributed by atoms with Crippen molar-refractivity contribution in [1.82, 2.24) is 9.78 Å². The van der Waals surface area contributed by atoms with Crippen molar-refractivity contribution in [3.8, 4) is 6.07 Å². The van der Waals surface area contributed by atoms with Gasteiger partial charge < -0.3 is 10.1 Å². The van der Waals surface area contributed by atoms with Crippen LogP contribution in [0.15, 0.2) is 48.7 Å². The number of carbonyl (C=O) groups is 2. The molecular formula is C19H16N4O3. The molecule has 130 valence electrons. The Bertz CT molecular complexity index is 1010. The third-order valence-electron chi connectivity index (χ3n) is 3.73. The lowest BCUT2D eigenvalue weighted by atomic mass is 10.1. The average Bonchev–Trinajstić information content (AvgIpc) is 3.05. The fraction of sp³-hybridized carbons (Fsp3) is 0.158. The normalized spacial score (nSPS) is 10.3. The molecule has 0 saturated carbocycles. The van der Waals surface area contributed by atoms with Crippen molar-refractivity contribution in [2.24, 2.45) is 0 Å². The molecule has 3 aromatic rings. The zero-order chi connectivity index (χ0) is 18.5. The van der Waals surface area contributed by atoms with Crippen molar-refractivity contribution in [3.05, 3.63) is 59.9 Å². The molecule has 0 aliphatic heterocycles. The van der Waals surface area contributed by atoms with Gasteiger partial charge in [-0.2, -0.15) is 10.4 Å². The van der Waals surface area contributed by atoms with Gasteiger partial charge in [0.1, 0.15) is 18.2 Å². The van der Waals surface area contributed by atoms with Gasteiger partial charge in [0.25, 0.3) is 0 Å². The van der Waals surface area contributed by atoms with Crippen LogP contribution in [0.4, 0.5) is 5.69 Å². The van der Waals surface area contributed by atoms with Crippen LogP contribution < -0.4 is 5.32 Å². The second kappa shape index (κ2) is 7.49. The molecular weight excluding hydrogens is 332 g/mol. The summed E-state index contributed by atoms with van der Waals surface area (Å²) < 4.78 is 6.14. The molecule has 0 saturated heterocycles. The van der Waals surface area contributed by atoms with Gasteiger partial charge in [-0.3, -0.25) is 9.48 Å². The molecule has 3 rings (SSSR count). The predicted octanol–water partition coefficient (Wildman–Crippen LogP) is 2.72. The van der Waals surface area contributed by atoms with E-state index >= 15 is 0 Å². The number of nitrogens with zero attached hydrogens (tertiary/aromatic N) is 3. The first-order valence-corrected chi connectivity index (χ1v) is 8.04. The number of fused-ring (bicyclic) bond motifs is 1. The number of esters is 1. The standard InChI is InChI=1S/C19H16N4O3/c1-2-26-19(25)15-11-23(22-17(15)10-20)12-18(24)21-16-9-5-7-13-6-3-4-8-14(13)16/h3-9,11H,2,12H2,1H3,(H,21,24). The van der Waals surface area contributed by atoms with Crippen molar-refractivity contribution in [3.63, 3.8) is 0 Å². The molecule has 1 N–H and O–H groups in total. The lowest BCUT2D eigenvalue weighted by Gasteiger charge is -2.08.